The van der Waals surface area contributed by atoms with Crippen molar-refractivity contribution in [3.8, 4) is 0 Å². The maximum absolute atomic E-state index is 2.67. The summed E-state index contributed by atoms with van der Waals surface area (Å²) in [6.45, 7) is 9.43. The number of hydrogen-bond acceptors (Lipinski definition) is 2. The fraction of sp³-hybridized carbons (Fsp3) is 0.929. The molecule has 0 amide bonds. The van der Waals surface area contributed by atoms with Gasteiger partial charge < -0.3 is 9.80 Å². The van der Waals surface area contributed by atoms with E-state index in [2.05, 4.69) is 43.0 Å². The molecule has 1 rings (SSSR count). The molecule has 0 fully saturated rings. The van der Waals surface area contributed by atoms with Crippen LogP contribution in [0, 0.1) is 0 Å². The van der Waals surface area contributed by atoms with Gasteiger partial charge in [-0.25, -0.2) is 0 Å². The van der Waals surface area contributed by atoms with E-state index < -0.39 is 0 Å². The number of hydrogen-bond donors (Lipinski definition) is 0. The first kappa shape index (κ1) is 27.4. The molecule has 0 aromatic carbocycles. The second-order valence-corrected chi connectivity index (χ2v) is 9.70. The molecule has 1 unspecified atom stereocenters. The van der Waals surface area contributed by atoms with Gasteiger partial charge in [-0.1, -0.05) is 124 Å². The number of unbranched alkanes of at least 4 members (excludes halogenated alkanes) is 16. The zero-order valence-corrected chi connectivity index (χ0v) is 21.2. The van der Waals surface area contributed by atoms with Crippen LogP contribution in [-0.4, -0.2) is 29.1 Å². The number of rotatable bonds is 22. The summed E-state index contributed by atoms with van der Waals surface area (Å²) in [4.78, 5) is 5.32. The summed E-state index contributed by atoms with van der Waals surface area (Å²) < 4.78 is 0. The van der Waals surface area contributed by atoms with Crippen molar-refractivity contribution in [1.29, 1.82) is 0 Å². The third-order valence-electron chi connectivity index (χ3n) is 6.82. The molecule has 1 aliphatic heterocycles. The van der Waals surface area contributed by atoms with E-state index in [9.17, 15) is 0 Å². The zero-order valence-electron chi connectivity index (χ0n) is 21.2. The van der Waals surface area contributed by atoms with Crippen LogP contribution < -0.4 is 0 Å². The number of nitrogens with zero attached hydrogens (tertiary/aromatic N) is 2. The van der Waals surface area contributed by atoms with Crippen molar-refractivity contribution >= 4 is 0 Å². The average molecular weight is 421 g/mol. The summed E-state index contributed by atoms with van der Waals surface area (Å²) in [6.07, 6.45) is 33.6. The quantitative estimate of drug-likeness (QED) is 0.161. The van der Waals surface area contributed by atoms with Gasteiger partial charge >= 0.3 is 0 Å². The second kappa shape index (κ2) is 20.3. The van der Waals surface area contributed by atoms with Crippen LogP contribution in [0.4, 0.5) is 0 Å². The molecule has 0 N–H and O–H groups in total. The van der Waals surface area contributed by atoms with Gasteiger partial charge in [-0.15, -0.1) is 0 Å². The van der Waals surface area contributed by atoms with Gasteiger partial charge in [-0.05, 0) is 25.7 Å². The van der Waals surface area contributed by atoms with Crippen LogP contribution in [0.2, 0.25) is 0 Å². The van der Waals surface area contributed by atoms with E-state index in [0.717, 1.165) is 0 Å². The molecular formula is C28H56N2. The fourth-order valence-electron chi connectivity index (χ4n) is 4.77. The summed E-state index contributed by atoms with van der Waals surface area (Å²) in [5, 5.41) is 0. The lowest BCUT2D eigenvalue weighted by Crippen LogP contribution is -2.39. The minimum absolute atomic E-state index is 0.645. The van der Waals surface area contributed by atoms with Crippen molar-refractivity contribution in [2.75, 3.05) is 13.1 Å². The van der Waals surface area contributed by atoms with Crippen LogP contribution in [-0.2, 0) is 0 Å². The summed E-state index contributed by atoms with van der Waals surface area (Å²) in [5.74, 6) is 0. The van der Waals surface area contributed by atoms with Crippen LogP contribution in [0.15, 0.2) is 12.4 Å². The van der Waals surface area contributed by atoms with E-state index in [0.29, 0.717) is 6.17 Å². The molecule has 0 saturated heterocycles. The third kappa shape index (κ3) is 13.6. The molecular weight excluding hydrogens is 364 g/mol. The second-order valence-electron chi connectivity index (χ2n) is 9.70. The van der Waals surface area contributed by atoms with Gasteiger partial charge in [-0.2, -0.15) is 0 Å². The lowest BCUT2D eigenvalue weighted by atomic mass is 10.0. The molecule has 0 saturated carbocycles. The Morgan fingerprint density at radius 3 is 1.23 bits per heavy atom. The fourth-order valence-corrected chi connectivity index (χ4v) is 4.77. The summed E-state index contributed by atoms with van der Waals surface area (Å²) in [6, 6.07) is 0. The van der Waals surface area contributed by atoms with Crippen LogP contribution in [0.1, 0.15) is 149 Å². The highest BCUT2D eigenvalue weighted by atomic mass is 15.4. The monoisotopic (exact) mass is 420 g/mol. The van der Waals surface area contributed by atoms with Crippen molar-refractivity contribution in [2.45, 2.75) is 155 Å². The molecule has 2 nitrogen and oxygen atoms in total. The average Bonchev–Trinajstić information content (AvgIpc) is 3.13. The molecule has 2 heteroatoms. The van der Waals surface area contributed by atoms with Crippen LogP contribution >= 0.6 is 0 Å². The first-order valence-corrected chi connectivity index (χ1v) is 14.0. The predicted octanol–water partition coefficient (Wildman–Crippen LogP) is 9.26. The van der Waals surface area contributed by atoms with E-state index in [4.69, 9.17) is 0 Å². The standard InChI is InChI=1S/C28H56N2/c1-4-7-10-12-14-15-16-17-18-20-23-28-29(24-21-9-6-3)26-27-30(28)25-22-19-13-11-8-5-2/h26-28H,4-25H2,1-3H3. The molecule has 0 radical (unpaired) electrons. The highest BCUT2D eigenvalue weighted by Gasteiger charge is 2.24. The van der Waals surface area contributed by atoms with Crippen molar-refractivity contribution in [2.24, 2.45) is 0 Å². The third-order valence-corrected chi connectivity index (χ3v) is 6.82. The molecule has 0 aliphatic carbocycles. The Kier molecular flexibility index (Phi) is 18.5. The summed E-state index contributed by atoms with van der Waals surface area (Å²) >= 11 is 0. The van der Waals surface area contributed by atoms with Crippen LogP contribution in [0.3, 0.4) is 0 Å². The smallest absolute Gasteiger partial charge is 0.101 e. The van der Waals surface area contributed by atoms with Gasteiger partial charge in [0, 0.05) is 25.5 Å². The molecule has 0 bridgehead atoms. The zero-order chi connectivity index (χ0) is 21.7. The molecule has 1 heterocycles. The molecule has 1 atom stereocenters. The Morgan fingerprint density at radius 2 is 0.767 bits per heavy atom. The molecule has 30 heavy (non-hydrogen) atoms. The van der Waals surface area contributed by atoms with Gasteiger partial charge in [0.25, 0.3) is 0 Å². The van der Waals surface area contributed by atoms with E-state index in [-0.39, 0.29) is 0 Å². The van der Waals surface area contributed by atoms with Crippen molar-refractivity contribution in [3.63, 3.8) is 0 Å². The van der Waals surface area contributed by atoms with Crippen LogP contribution in [0.5, 0.6) is 0 Å². The SMILES string of the molecule is CCCCCCCCCCCCC1N(CCCCC)C=CN1CCCCCCCC. The minimum atomic E-state index is 0.645. The first-order chi connectivity index (χ1) is 14.8. The Hall–Kier alpha value is -0.660. The van der Waals surface area contributed by atoms with Gasteiger partial charge in [0.05, 0.1) is 0 Å². The van der Waals surface area contributed by atoms with E-state index in [1.807, 2.05) is 0 Å². The Morgan fingerprint density at radius 1 is 0.433 bits per heavy atom. The largest absolute Gasteiger partial charge is 0.356 e. The highest BCUT2D eigenvalue weighted by molar-refractivity contribution is 4.96. The molecule has 0 spiro atoms. The predicted molar refractivity (Wildman–Crippen MR) is 136 cm³/mol. The Balaban J connectivity index is 2.21. The van der Waals surface area contributed by atoms with Gasteiger partial charge in [0.15, 0.2) is 0 Å². The Bertz CT molecular complexity index is 379. The Labute approximate surface area is 190 Å². The summed E-state index contributed by atoms with van der Waals surface area (Å²) in [7, 11) is 0. The maximum atomic E-state index is 2.67. The molecule has 1 aliphatic rings. The lowest BCUT2D eigenvalue weighted by Gasteiger charge is -2.33. The van der Waals surface area contributed by atoms with Crippen LogP contribution in [0.25, 0.3) is 0 Å². The van der Waals surface area contributed by atoms with E-state index in [1.54, 1.807) is 0 Å². The summed E-state index contributed by atoms with van der Waals surface area (Å²) in [5.41, 5.74) is 0. The van der Waals surface area contributed by atoms with Crippen molar-refractivity contribution < 1.29 is 0 Å². The van der Waals surface area contributed by atoms with Crippen molar-refractivity contribution in [1.82, 2.24) is 9.80 Å². The van der Waals surface area contributed by atoms with Crippen molar-refractivity contribution in [3.05, 3.63) is 12.4 Å². The molecule has 0 aromatic heterocycles. The topological polar surface area (TPSA) is 6.48 Å². The normalized spacial score (nSPS) is 16.2. The van der Waals surface area contributed by atoms with E-state index >= 15 is 0 Å². The van der Waals surface area contributed by atoms with Gasteiger partial charge in [-0.3, -0.25) is 0 Å². The minimum Gasteiger partial charge on any atom is -0.356 e. The molecule has 178 valence electrons. The lowest BCUT2D eigenvalue weighted by molar-refractivity contribution is 0.135. The first-order valence-electron chi connectivity index (χ1n) is 14.0. The van der Waals surface area contributed by atoms with E-state index in [1.165, 1.54) is 142 Å². The highest BCUT2D eigenvalue weighted by Crippen LogP contribution is 2.23. The molecule has 0 aromatic rings. The van der Waals surface area contributed by atoms with Gasteiger partial charge in [0.1, 0.15) is 6.17 Å². The van der Waals surface area contributed by atoms with Gasteiger partial charge in [0.2, 0.25) is 0 Å². The maximum Gasteiger partial charge on any atom is 0.101 e.